The summed E-state index contributed by atoms with van der Waals surface area (Å²) in [4.78, 5) is 53.7. The molecule has 2 fully saturated rings. The molecule has 0 aromatic heterocycles. The van der Waals surface area contributed by atoms with E-state index in [2.05, 4.69) is 20.8 Å². The van der Waals surface area contributed by atoms with Crippen molar-refractivity contribution in [3.63, 3.8) is 0 Å². The molecule has 4 amide bonds. The van der Waals surface area contributed by atoms with Crippen molar-refractivity contribution in [1.82, 2.24) is 9.80 Å². The van der Waals surface area contributed by atoms with Gasteiger partial charge in [0.1, 0.15) is 0 Å². The summed E-state index contributed by atoms with van der Waals surface area (Å²) in [6.45, 7) is 8.67. The lowest BCUT2D eigenvalue weighted by atomic mass is 9.62. The number of benzene rings is 1. The van der Waals surface area contributed by atoms with E-state index in [9.17, 15) is 19.2 Å². The second-order valence-electron chi connectivity index (χ2n) is 10.9. The van der Waals surface area contributed by atoms with Crippen LogP contribution in [0, 0.1) is 16.7 Å². The van der Waals surface area contributed by atoms with E-state index >= 15 is 0 Å². The Morgan fingerprint density at radius 1 is 0.969 bits per heavy atom. The van der Waals surface area contributed by atoms with Gasteiger partial charge in [0.25, 0.3) is 11.8 Å². The van der Waals surface area contributed by atoms with Gasteiger partial charge >= 0.3 is 0 Å². The molecule has 32 heavy (non-hydrogen) atoms. The molecule has 6 heteroatoms. The fourth-order valence-electron chi connectivity index (χ4n) is 6.29. The predicted octanol–water partition coefficient (Wildman–Crippen LogP) is 3.68. The Balaban J connectivity index is 1.53. The van der Waals surface area contributed by atoms with Crippen LogP contribution >= 0.6 is 0 Å². The van der Waals surface area contributed by atoms with Crippen LogP contribution < -0.4 is 0 Å². The van der Waals surface area contributed by atoms with Gasteiger partial charge in [-0.05, 0) is 41.6 Å². The standard InChI is InChI=1S/C26H32N2O4/c1-17(18-8-6-5-7-9-18)20-12-23(31)27(24(20)32)16-26(4)14-19(13-25(2,3)15-26)28-21(29)10-11-22(28)30/h5-11,17,19-20H,12-16H2,1-4H3. The van der Waals surface area contributed by atoms with Crippen molar-refractivity contribution in [1.29, 1.82) is 0 Å². The summed E-state index contributed by atoms with van der Waals surface area (Å²) in [5.41, 5.74) is 0.568. The molecule has 1 aliphatic carbocycles. The first kappa shape index (κ1) is 22.4. The number of carbonyl (C=O) groups excluding carboxylic acids is 4. The molecule has 4 rings (SSSR count). The number of imide groups is 2. The number of likely N-dealkylation sites (tertiary alicyclic amines) is 1. The number of carbonyl (C=O) groups is 4. The van der Waals surface area contributed by atoms with Crippen molar-refractivity contribution in [3.05, 3.63) is 48.0 Å². The zero-order chi connectivity index (χ0) is 23.3. The fourth-order valence-corrected chi connectivity index (χ4v) is 6.29. The normalized spacial score (nSPS) is 31.0. The van der Waals surface area contributed by atoms with Crippen molar-refractivity contribution in [2.45, 2.75) is 65.3 Å². The summed E-state index contributed by atoms with van der Waals surface area (Å²) in [5, 5.41) is 0. The van der Waals surface area contributed by atoms with Crippen LogP contribution in [0.15, 0.2) is 42.5 Å². The van der Waals surface area contributed by atoms with Gasteiger partial charge in [-0.1, -0.05) is 58.0 Å². The summed E-state index contributed by atoms with van der Waals surface area (Å²) in [6, 6.07) is 9.61. The number of amides is 4. The van der Waals surface area contributed by atoms with Crippen LogP contribution in [0.1, 0.15) is 64.9 Å². The third kappa shape index (κ3) is 4.15. The molecule has 0 bridgehead atoms. The molecule has 2 heterocycles. The van der Waals surface area contributed by atoms with E-state index in [1.165, 1.54) is 22.0 Å². The maximum atomic E-state index is 13.3. The number of rotatable bonds is 5. The Hall–Kier alpha value is -2.76. The average Bonchev–Trinajstić information content (AvgIpc) is 3.19. The van der Waals surface area contributed by atoms with Crippen LogP contribution in [0.5, 0.6) is 0 Å². The van der Waals surface area contributed by atoms with Crippen LogP contribution in [-0.2, 0) is 19.2 Å². The molecule has 1 aromatic carbocycles. The highest BCUT2D eigenvalue weighted by molar-refractivity contribution is 6.13. The molecule has 1 saturated carbocycles. The third-order valence-corrected chi connectivity index (χ3v) is 7.38. The van der Waals surface area contributed by atoms with E-state index < -0.39 is 0 Å². The van der Waals surface area contributed by atoms with Gasteiger partial charge in [-0.3, -0.25) is 29.0 Å². The number of hydrogen-bond donors (Lipinski definition) is 0. The van der Waals surface area contributed by atoms with Gasteiger partial charge in [0, 0.05) is 31.2 Å². The first-order chi connectivity index (χ1) is 15.0. The lowest BCUT2D eigenvalue weighted by Gasteiger charge is -2.49. The highest BCUT2D eigenvalue weighted by Gasteiger charge is 2.50. The van der Waals surface area contributed by atoms with E-state index in [1.807, 2.05) is 37.3 Å². The lowest BCUT2D eigenvalue weighted by Crippen LogP contribution is -2.52. The van der Waals surface area contributed by atoms with Crippen LogP contribution in [-0.4, -0.2) is 46.0 Å². The van der Waals surface area contributed by atoms with Crippen molar-refractivity contribution >= 4 is 23.6 Å². The van der Waals surface area contributed by atoms with Gasteiger partial charge < -0.3 is 0 Å². The van der Waals surface area contributed by atoms with Crippen molar-refractivity contribution in [3.8, 4) is 0 Å². The van der Waals surface area contributed by atoms with E-state index in [0.29, 0.717) is 13.0 Å². The summed E-state index contributed by atoms with van der Waals surface area (Å²) in [6.07, 6.45) is 5.00. The van der Waals surface area contributed by atoms with Crippen LogP contribution in [0.3, 0.4) is 0 Å². The molecule has 170 valence electrons. The highest BCUT2D eigenvalue weighted by atomic mass is 16.2. The minimum atomic E-state index is -0.369. The molecule has 6 nitrogen and oxygen atoms in total. The quantitative estimate of drug-likeness (QED) is 0.660. The Labute approximate surface area is 189 Å². The van der Waals surface area contributed by atoms with E-state index in [4.69, 9.17) is 0 Å². The molecule has 3 aliphatic rings. The first-order valence-electron chi connectivity index (χ1n) is 11.4. The zero-order valence-corrected chi connectivity index (χ0v) is 19.3. The minimum absolute atomic E-state index is 0.0353. The van der Waals surface area contributed by atoms with Crippen LogP contribution in [0.4, 0.5) is 0 Å². The Bertz CT molecular complexity index is 965. The molecular formula is C26H32N2O4. The topological polar surface area (TPSA) is 74.8 Å². The smallest absolute Gasteiger partial charge is 0.253 e. The van der Waals surface area contributed by atoms with Gasteiger partial charge in [-0.15, -0.1) is 0 Å². The first-order valence-corrected chi connectivity index (χ1v) is 11.4. The summed E-state index contributed by atoms with van der Waals surface area (Å²) >= 11 is 0. The third-order valence-electron chi connectivity index (χ3n) is 7.38. The van der Waals surface area contributed by atoms with E-state index in [0.717, 1.165) is 18.4 Å². The van der Waals surface area contributed by atoms with Gasteiger partial charge in [0.15, 0.2) is 0 Å². The highest BCUT2D eigenvalue weighted by Crippen LogP contribution is 2.49. The molecule has 2 aliphatic heterocycles. The van der Waals surface area contributed by atoms with Gasteiger partial charge in [0.05, 0.1) is 5.92 Å². The Kier molecular flexibility index (Phi) is 5.60. The summed E-state index contributed by atoms with van der Waals surface area (Å²) in [5.74, 6) is -1.17. The maximum Gasteiger partial charge on any atom is 0.253 e. The largest absolute Gasteiger partial charge is 0.282 e. The van der Waals surface area contributed by atoms with E-state index in [1.54, 1.807) is 0 Å². The Morgan fingerprint density at radius 3 is 2.22 bits per heavy atom. The number of nitrogens with zero attached hydrogens (tertiary/aromatic N) is 2. The van der Waals surface area contributed by atoms with Gasteiger partial charge in [-0.25, -0.2) is 0 Å². The predicted molar refractivity (Wildman–Crippen MR) is 120 cm³/mol. The minimum Gasteiger partial charge on any atom is -0.282 e. The molecular weight excluding hydrogens is 404 g/mol. The second-order valence-corrected chi connectivity index (χ2v) is 10.9. The van der Waals surface area contributed by atoms with Crippen molar-refractivity contribution in [2.75, 3.05) is 6.54 Å². The summed E-state index contributed by atoms with van der Waals surface area (Å²) in [7, 11) is 0. The summed E-state index contributed by atoms with van der Waals surface area (Å²) < 4.78 is 0. The molecule has 1 aromatic rings. The van der Waals surface area contributed by atoms with E-state index in [-0.39, 0.29) is 58.8 Å². The lowest BCUT2D eigenvalue weighted by molar-refractivity contribution is -0.147. The zero-order valence-electron chi connectivity index (χ0n) is 19.3. The SMILES string of the molecule is CC(c1ccccc1)C1CC(=O)N(CC2(C)CC(N3C(=O)C=CC3=O)CC(C)(C)C2)C1=O. The Morgan fingerprint density at radius 2 is 1.59 bits per heavy atom. The fraction of sp³-hybridized carbons (Fsp3) is 0.538. The number of hydrogen-bond acceptors (Lipinski definition) is 4. The maximum absolute atomic E-state index is 13.3. The molecule has 4 unspecified atom stereocenters. The second kappa shape index (κ2) is 7.98. The molecule has 0 N–H and O–H groups in total. The molecule has 0 spiro atoms. The molecule has 4 atom stereocenters. The monoisotopic (exact) mass is 436 g/mol. The van der Waals surface area contributed by atoms with Gasteiger partial charge in [0.2, 0.25) is 11.8 Å². The molecule has 0 radical (unpaired) electrons. The average molecular weight is 437 g/mol. The van der Waals surface area contributed by atoms with Crippen LogP contribution in [0.2, 0.25) is 0 Å². The van der Waals surface area contributed by atoms with Crippen LogP contribution in [0.25, 0.3) is 0 Å². The van der Waals surface area contributed by atoms with Crippen molar-refractivity contribution in [2.24, 2.45) is 16.7 Å². The van der Waals surface area contributed by atoms with Crippen molar-refractivity contribution < 1.29 is 19.2 Å². The van der Waals surface area contributed by atoms with Gasteiger partial charge in [-0.2, -0.15) is 0 Å². The molecule has 1 saturated heterocycles.